The zero-order chi connectivity index (χ0) is 24.2. The van der Waals surface area contributed by atoms with Gasteiger partial charge in [-0.3, -0.25) is 24.6 Å². The largest absolute Gasteiger partial charge is 0.488 e. The molecule has 0 atom stereocenters. The number of carbonyl (C=O) groups excluding carboxylic acids is 2. The summed E-state index contributed by atoms with van der Waals surface area (Å²) in [5, 5.41) is 10.7. The number of aryl methyl sites for hydroxylation is 1. The molecule has 0 aliphatic carbocycles. The molecular weight excluding hydrogens is 520 g/mol. The maximum atomic E-state index is 13.0. The van der Waals surface area contributed by atoms with Crippen molar-refractivity contribution in [3.05, 3.63) is 108 Å². The van der Waals surface area contributed by atoms with Crippen LogP contribution in [0.5, 0.6) is 5.75 Å². The number of hydrogen-bond donors (Lipinski definition) is 0. The Morgan fingerprint density at radius 3 is 2.56 bits per heavy atom. The normalized spacial score (nSPS) is 14.6. The number of non-ortho nitro benzene ring substituents is 1. The molecule has 1 heterocycles. The highest BCUT2D eigenvalue weighted by molar-refractivity contribution is 9.10. The van der Waals surface area contributed by atoms with E-state index in [-0.39, 0.29) is 30.0 Å². The minimum Gasteiger partial charge on any atom is -0.488 e. The van der Waals surface area contributed by atoms with Gasteiger partial charge in [0, 0.05) is 22.2 Å². The van der Waals surface area contributed by atoms with Gasteiger partial charge in [0.15, 0.2) is 0 Å². The van der Waals surface area contributed by atoms with Gasteiger partial charge in [0.25, 0.3) is 16.8 Å². The summed E-state index contributed by atoms with van der Waals surface area (Å²) in [6.45, 7) is 2.29. The van der Waals surface area contributed by atoms with Crippen molar-refractivity contribution in [3.63, 3.8) is 0 Å². The summed E-state index contributed by atoms with van der Waals surface area (Å²) in [6.07, 6.45) is 1.63. The fourth-order valence-corrected chi connectivity index (χ4v) is 4.55. The van der Waals surface area contributed by atoms with E-state index in [1.807, 2.05) is 31.2 Å². The van der Waals surface area contributed by atoms with Gasteiger partial charge in [0.1, 0.15) is 12.4 Å². The van der Waals surface area contributed by atoms with Crippen molar-refractivity contribution < 1.29 is 19.2 Å². The van der Waals surface area contributed by atoms with Crippen LogP contribution >= 0.6 is 27.7 Å². The van der Waals surface area contributed by atoms with Crippen LogP contribution in [0.1, 0.15) is 22.3 Å². The monoisotopic (exact) mass is 538 g/mol. The van der Waals surface area contributed by atoms with E-state index in [0.29, 0.717) is 21.8 Å². The quantitative estimate of drug-likeness (QED) is 0.194. The van der Waals surface area contributed by atoms with Gasteiger partial charge in [-0.25, -0.2) is 0 Å². The first-order chi connectivity index (χ1) is 16.3. The van der Waals surface area contributed by atoms with Crippen LogP contribution < -0.4 is 4.74 Å². The molecular formula is C25H19BrN2O5S. The zero-order valence-electron chi connectivity index (χ0n) is 18.1. The fraction of sp³-hybridized carbons (Fsp3) is 0.120. The van der Waals surface area contributed by atoms with Crippen molar-refractivity contribution in [2.75, 3.05) is 0 Å². The number of nitrogens with zero attached hydrogens (tertiary/aromatic N) is 2. The van der Waals surface area contributed by atoms with Crippen molar-refractivity contribution >= 4 is 50.6 Å². The predicted octanol–water partition coefficient (Wildman–Crippen LogP) is 6.48. The number of carbonyl (C=O) groups is 2. The molecule has 7 nitrogen and oxygen atoms in total. The molecule has 1 aliphatic heterocycles. The lowest BCUT2D eigenvalue weighted by Gasteiger charge is -2.13. The first kappa shape index (κ1) is 23.7. The van der Waals surface area contributed by atoms with Gasteiger partial charge in [-0.1, -0.05) is 57.9 Å². The smallest absolute Gasteiger partial charge is 0.293 e. The summed E-state index contributed by atoms with van der Waals surface area (Å²) in [4.78, 5) is 37.6. The molecule has 34 heavy (non-hydrogen) atoms. The molecule has 0 radical (unpaired) electrons. The summed E-state index contributed by atoms with van der Waals surface area (Å²) < 4.78 is 6.69. The van der Waals surface area contributed by atoms with E-state index in [1.54, 1.807) is 36.4 Å². The molecule has 3 aromatic carbocycles. The topological polar surface area (TPSA) is 89.8 Å². The lowest BCUT2D eigenvalue weighted by molar-refractivity contribution is -0.384. The molecule has 0 aromatic heterocycles. The van der Waals surface area contributed by atoms with Crippen LogP contribution in [0.4, 0.5) is 10.5 Å². The van der Waals surface area contributed by atoms with E-state index < -0.39 is 4.92 Å². The van der Waals surface area contributed by atoms with Gasteiger partial charge in [0.05, 0.1) is 16.4 Å². The molecule has 4 rings (SSSR count). The van der Waals surface area contributed by atoms with Crippen LogP contribution in [0.3, 0.4) is 0 Å². The molecule has 0 N–H and O–H groups in total. The Morgan fingerprint density at radius 2 is 1.82 bits per heavy atom. The Balaban J connectivity index is 1.54. The molecule has 9 heteroatoms. The average Bonchev–Trinajstić information content (AvgIpc) is 3.07. The van der Waals surface area contributed by atoms with Crippen molar-refractivity contribution in [1.82, 2.24) is 4.90 Å². The first-order valence-corrected chi connectivity index (χ1v) is 11.9. The highest BCUT2D eigenvalue weighted by Gasteiger charge is 2.35. The summed E-state index contributed by atoms with van der Waals surface area (Å²) in [5.74, 6) is 0.125. The number of rotatable bonds is 7. The molecule has 1 aliphatic rings. The molecule has 1 saturated heterocycles. The number of imide groups is 1. The van der Waals surface area contributed by atoms with Gasteiger partial charge in [0.2, 0.25) is 0 Å². The summed E-state index contributed by atoms with van der Waals surface area (Å²) in [6, 6.07) is 19.2. The van der Waals surface area contributed by atoms with E-state index in [1.165, 1.54) is 17.0 Å². The summed E-state index contributed by atoms with van der Waals surface area (Å²) in [7, 11) is 0. The average molecular weight is 539 g/mol. The van der Waals surface area contributed by atoms with Gasteiger partial charge in [-0.05, 0) is 54.1 Å². The van der Waals surface area contributed by atoms with Gasteiger partial charge in [-0.2, -0.15) is 0 Å². The Kier molecular flexibility index (Phi) is 7.14. The number of hydrogen-bond acceptors (Lipinski definition) is 6. The molecule has 3 aromatic rings. The van der Waals surface area contributed by atoms with Crippen molar-refractivity contribution in [1.29, 1.82) is 0 Å². The Hall–Kier alpha value is -3.43. The standard InChI is InChI=1S/C25H19BrN2O5S/c1-16-5-7-17(8-6-16)14-27-24(29)23(34-25(27)30)13-19-12-20(26)9-10-22(19)33-15-18-3-2-4-21(11-18)28(31)32/h2-13H,14-15H2,1H3/b23-13-. The van der Waals surface area contributed by atoms with Crippen molar-refractivity contribution in [3.8, 4) is 5.75 Å². The maximum absolute atomic E-state index is 13.0. The van der Waals surface area contributed by atoms with Crippen LogP contribution in [0.25, 0.3) is 6.08 Å². The highest BCUT2D eigenvalue weighted by Crippen LogP contribution is 2.36. The second-order valence-corrected chi connectivity index (χ2v) is 9.56. The van der Waals surface area contributed by atoms with E-state index in [9.17, 15) is 19.7 Å². The first-order valence-electron chi connectivity index (χ1n) is 10.3. The number of nitro benzene ring substituents is 1. The molecule has 0 unspecified atom stereocenters. The summed E-state index contributed by atoms with van der Waals surface area (Å²) >= 11 is 4.31. The number of amides is 2. The van der Waals surface area contributed by atoms with E-state index in [2.05, 4.69) is 15.9 Å². The molecule has 0 bridgehead atoms. The third-order valence-corrected chi connectivity index (χ3v) is 6.51. The second kappa shape index (κ2) is 10.2. The van der Waals surface area contributed by atoms with Gasteiger partial charge >= 0.3 is 0 Å². The number of ether oxygens (including phenoxy) is 1. The number of benzene rings is 3. The summed E-state index contributed by atoms with van der Waals surface area (Å²) in [5.41, 5.74) is 3.21. The predicted molar refractivity (Wildman–Crippen MR) is 134 cm³/mol. The van der Waals surface area contributed by atoms with E-state index >= 15 is 0 Å². The molecule has 1 fully saturated rings. The molecule has 172 valence electrons. The van der Waals surface area contributed by atoms with Crippen LogP contribution in [0.2, 0.25) is 0 Å². The third-order valence-electron chi connectivity index (χ3n) is 5.11. The Morgan fingerprint density at radius 1 is 1.06 bits per heavy atom. The highest BCUT2D eigenvalue weighted by atomic mass is 79.9. The molecule has 2 amide bonds. The maximum Gasteiger partial charge on any atom is 0.293 e. The van der Waals surface area contributed by atoms with Gasteiger partial charge in [-0.15, -0.1) is 0 Å². The Bertz CT molecular complexity index is 1310. The minimum atomic E-state index is -0.457. The lowest BCUT2D eigenvalue weighted by atomic mass is 10.1. The fourth-order valence-electron chi connectivity index (χ4n) is 3.34. The van der Waals surface area contributed by atoms with Crippen LogP contribution in [0, 0.1) is 17.0 Å². The molecule has 0 saturated carbocycles. The lowest BCUT2D eigenvalue weighted by Crippen LogP contribution is -2.27. The number of thioether (sulfide) groups is 1. The van der Waals surface area contributed by atoms with Crippen molar-refractivity contribution in [2.45, 2.75) is 20.1 Å². The number of halogens is 1. The Labute approximate surface area is 208 Å². The number of nitro groups is 1. The van der Waals surface area contributed by atoms with E-state index in [0.717, 1.165) is 27.4 Å². The van der Waals surface area contributed by atoms with Crippen LogP contribution in [0.15, 0.2) is 76.1 Å². The second-order valence-electron chi connectivity index (χ2n) is 7.65. The van der Waals surface area contributed by atoms with Crippen LogP contribution in [-0.2, 0) is 17.9 Å². The van der Waals surface area contributed by atoms with Crippen LogP contribution in [-0.4, -0.2) is 21.0 Å². The zero-order valence-corrected chi connectivity index (χ0v) is 20.5. The van der Waals surface area contributed by atoms with Gasteiger partial charge < -0.3 is 4.74 Å². The van der Waals surface area contributed by atoms with E-state index in [4.69, 9.17) is 4.74 Å². The SMILES string of the molecule is Cc1ccc(CN2C(=O)S/C(=C\c3cc(Br)ccc3OCc3cccc([N+](=O)[O-])c3)C2=O)cc1. The van der Waals surface area contributed by atoms with Crippen molar-refractivity contribution in [2.24, 2.45) is 0 Å². The minimum absolute atomic E-state index is 0.0145. The third kappa shape index (κ3) is 5.55. The molecule has 0 spiro atoms.